The number of nitrogens with zero attached hydrogens (tertiary/aromatic N) is 2. The van der Waals surface area contributed by atoms with Crippen LogP contribution < -0.4 is 15.7 Å². The fourth-order valence-electron chi connectivity index (χ4n) is 2.23. The number of rotatable bonds is 6. The fraction of sp³-hybridized carbons (Fsp3) is 0.105. The van der Waals surface area contributed by atoms with E-state index in [2.05, 4.69) is 20.5 Å². The average Bonchev–Trinajstić information content (AvgIpc) is 2.61. The van der Waals surface area contributed by atoms with Crippen molar-refractivity contribution in [3.8, 4) is 5.75 Å². The molecule has 0 radical (unpaired) electrons. The number of ether oxygens (including phenoxy) is 1. The van der Waals surface area contributed by atoms with Gasteiger partial charge in [0.1, 0.15) is 18.2 Å². The molecule has 1 aromatic heterocycles. The lowest BCUT2D eigenvalue weighted by molar-refractivity contribution is 0.306. The van der Waals surface area contributed by atoms with Crippen molar-refractivity contribution in [2.24, 2.45) is 5.10 Å². The van der Waals surface area contributed by atoms with Crippen LogP contribution in [0.3, 0.4) is 0 Å². The van der Waals surface area contributed by atoms with Crippen LogP contribution in [0.25, 0.3) is 0 Å². The zero-order valence-electron chi connectivity index (χ0n) is 14.1. The Balaban J connectivity index is 1.61. The molecule has 3 rings (SSSR count). The Morgan fingerprint density at radius 3 is 2.81 bits per heavy atom. The van der Waals surface area contributed by atoms with E-state index < -0.39 is 0 Å². The second-order valence-electron chi connectivity index (χ2n) is 5.59. The zero-order chi connectivity index (χ0) is 18.4. The lowest BCUT2D eigenvalue weighted by atomic mass is 10.2. The standard InChI is InChI=1S/C19H17FN4O2/c1-13-9-18(25)23-19(22-13)24-21-11-15-3-2-4-17(10-15)26-12-14-5-7-16(20)8-6-14/h2-11H,12H2,1H3,(H2,22,23,24,25)/b21-11+. The maximum atomic E-state index is 12.9. The van der Waals surface area contributed by atoms with Gasteiger partial charge in [-0.1, -0.05) is 24.3 Å². The third-order valence-corrected chi connectivity index (χ3v) is 3.43. The highest BCUT2D eigenvalue weighted by molar-refractivity contribution is 5.80. The van der Waals surface area contributed by atoms with Crippen LogP contribution in [0.1, 0.15) is 16.8 Å². The van der Waals surface area contributed by atoms with Gasteiger partial charge in [-0.05, 0) is 42.3 Å². The van der Waals surface area contributed by atoms with E-state index in [1.165, 1.54) is 18.2 Å². The lowest BCUT2D eigenvalue weighted by Crippen LogP contribution is -2.10. The van der Waals surface area contributed by atoms with Gasteiger partial charge in [-0.3, -0.25) is 9.78 Å². The van der Waals surface area contributed by atoms with E-state index >= 15 is 0 Å². The van der Waals surface area contributed by atoms with E-state index in [0.717, 1.165) is 11.1 Å². The van der Waals surface area contributed by atoms with Gasteiger partial charge in [0.15, 0.2) is 0 Å². The molecule has 0 unspecified atom stereocenters. The van der Waals surface area contributed by atoms with Gasteiger partial charge in [-0.25, -0.2) is 14.8 Å². The van der Waals surface area contributed by atoms with Crippen LogP contribution in [0.2, 0.25) is 0 Å². The van der Waals surface area contributed by atoms with Gasteiger partial charge in [-0.2, -0.15) is 5.10 Å². The zero-order valence-corrected chi connectivity index (χ0v) is 14.1. The minimum atomic E-state index is -0.274. The molecule has 0 atom stereocenters. The van der Waals surface area contributed by atoms with E-state index in [4.69, 9.17) is 4.74 Å². The van der Waals surface area contributed by atoms with Gasteiger partial charge in [-0.15, -0.1) is 0 Å². The Labute approximate surface area is 149 Å². The van der Waals surface area contributed by atoms with Crippen molar-refractivity contribution in [2.45, 2.75) is 13.5 Å². The summed E-state index contributed by atoms with van der Waals surface area (Å²) >= 11 is 0. The van der Waals surface area contributed by atoms with Crippen LogP contribution in [0.15, 0.2) is 64.5 Å². The molecule has 0 aliphatic carbocycles. The Bertz CT molecular complexity index is 968. The van der Waals surface area contributed by atoms with Gasteiger partial charge in [0.2, 0.25) is 5.95 Å². The highest BCUT2D eigenvalue weighted by Crippen LogP contribution is 2.14. The van der Waals surface area contributed by atoms with Crippen molar-refractivity contribution in [3.63, 3.8) is 0 Å². The first kappa shape index (κ1) is 17.3. The van der Waals surface area contributed by atoms with Crippen molar-refractivity contribution in [2.75, 3.05) is 5.43 Å². The number of hydrogen-bond donors (Lipinski definition) is 2. The molecule has 1 heterocycles. The average molecular weight is 352 g/mol. The molecule has 3 aromatic rings. The first-order valence-electron chi connectivity index (χ1n) is 7.93. The summed E-state index contributed by atoms with van der Waals surface area (Å²) in [6, 6.07) is 14.9. The molecule has 0 spiro atoms. The molecule has 0 saturated carbocycles. The van der Waals surface area contributed by atoms with E-state index in [-0.39, 0.29) is 17.3 Å². The van der Waals surface area contributed by atoms with Crippen LogP contribution in [-0.2, 0) is 6.61 Å². The summed E-state index contributed by atoms with van der Waals surface area (Å²) in [5, 5.41) is 4.06. The number of halogens is 1. The van der Waals surface area contributed by atoms with Crippen LogP contribution in [0.4, 0.5) is 10.3 Å². The van der Waals surface area contributed by atoms with Crippen molar-refractivity contribution < 1.29 is 9.13 Å². The monoisotopic (exact) mass is 352 g/mol. The molecule has 0 aliphatic rings. The Kier molecular flexibility index (Phi) is 5.38. The lowest BCUT2D eigenvalue weighted by Gasteiger charge is -2.07. The molecule has 2 aromatic carbocycles. The van der Waals surface area contributed by atoms with E-state index in [1.807, 2.05) is 24.3 Å². The summed E-state index contributed by atoms with van der Waals surface area (Å²) < 4.78 is 18.6. The number of aromatic nitrogens is 2. The molecule has 0 bridgehead atoms. The predicted octanol–water partition coefficient (Wildman–Crippen LogP) is 3.24. The molecule has 26 heavy (non-hydrogen) atoms. The summed E-state index contributed by atoms with van der Waals surface area (Å²) in [5.74, 6) is 0.666. The van der Waals surface area contributed by atoms with Crippen molar-refractivity contribution in [1.82, 2.24) is 9.97 Å². The number of aromatic amines is 1. The summed E-state index contributed by atoms with van der Waals surface area (Å²) in [7, 11) is 0. The molecular weight excluding hydrogens is 335 g/mol. The third kappa shape index (κ3) is 5.01. The summed E-state index contributed by atoms with van der Waals surface area (Å²) in [6.07, 6.45) is 1.59. The smallest absolute Gasteiger partial charge is 0.252 e. The third-order valence-electron chi connectivity index (χ3n) is 3.43. The minimum absolute atomic E-state index is 0.244. The second-order valence-corrected chi connectivity index (χ2v) is 5.59. The minimum Gasteiger partial charge on any atom is -0.489 e. The molecule has 7 heteroatoms. The highest BCUT2D eigenvalue weighted by Gasteiger charge is 1.99. The van der Waals surface area contributed by atoms with Gasteiger partial charge in [0.25, 0.3) is 5.56 Å². The van der Waals surface area contributed by atoms with E-state index in [0.29, 0.717) is 18.1 Å². The van der Waals surface area contributed by atoms with Gasteiger partial charge in [0, 0.05) is 11.8 Å². The number of hydrazone groups is 1. The van der Waals surface area contributed by atoms with Gasteiger partial charge in [0.05, 0.1) is 6.21 Å². The van der Waals surface area contributed by atoms with E-state index in [9.17, 15) is 9.18 Å². The van der Waals surface area contributed by atoms with Crippen molar-refractivity contribution in [3.05, 3.63) is 87.6 Å². The number of hydrogen-bond acceptors (Lipinski definition) is 5. The molecule has 2 N–H and O–H groups in total. The summed E-state index contributed by atoms with van der Waals surface area (Å²) in [4.78, 5) is 18.0. The maximum Gasteiger partial charge on any atom is 0.252 e. The van der Waals surface area contributed by atoms with Crippen molar-refractivity contribution >= 4 is 12.2 Å². The van der Waals surface area contributed by atoms with Gasteiger partial charge < -0.3 is 4.74 Å². The molecule has 132 valence electrons. The Hall–Kier alpha value is -3.48. The van der Waals surface area contributed by atoms with Gasteiger partial charge >= 0.3 is 0 Å². The number of benzene rings is 2. The van der Waals surface area contributed by atoms with Crippen LogP contribution in [0.5, 0.6) is 5.75 Å². The van der Waals surface area contributed by atoms with E-state index in [1.54, 1.807) is 25.3 Å². The van der Waals surface area contributed by atoms with Crippen LogP contribution >= 0.6 is 0 Å². The highest BCUT2D eigenvalue weighted by atomic mass is 19.1. The first-order chi connectivity index (χ1) is 12.6. The van der Waals surface area contributed by atoms with Crippen LogP contribution in [0, 0.1) is 12.7 Å². The number of nitrogens with one attached hydrogen (secondary N) is 2. The summed E-state index contributed by atoms with van der Waals surface area (Å²) in [5.41, 5.74) is 4.73. The summed E-state index contributed by atoms with van der Waals surface area (Å²) in [6.45, 7) is 2.07. The molecule has 0 amide bonds. The molecular formula is C19H17FN4O2. The largest absolute Gasteiger partial charge is 0.489 e. The SMILES string of the molecule is Cc1cc(=O)[nH]c(N/N=C/c2cccc(OCc3ccc(F)cc3)c2)n1. The molecule has 0 fully saturated rings. The Morgan fingerprint density at radius 2 is 2.04 bits per heavy atom. The quantitative estimate of drug-likeness (QED) is 0.527. The number of H-pyrrole nitrogens is 1. The molecule has 6 nitrogen and oxygen atoms in total. The topological polar surface area (TPSA) is 79.4 Å². The first-order valence-corrected chi connectivity index (χ1v) is 7.93. The number of anilines is 1. The Morgan fingerprint density at radius 1 is 1.23 bits per heavy atom. The van der Waals surface area contributed by atoms with Crippen molar-refractivity contribution in [1.29, 1.82) is 0 Å². The maximum absolute atomic E-state index is 12.9. The number of aryl methyl sites for hydroxylation is 1. The molecule has 0 aliphatic heterocycles. The predicted molar refractivity (Wildman–Crippen MR) is 98.0 cm³/mol. The van der Waals surface area contributed by atoms with Crippen LogP contribution in [-0.4, -0.2) is 16.2 Å². The fourth-order valence-corrected chi connectivity index (χ4v) is 2.23. The normalized spacial score (nSPS) is 10.8. The second kappa shape index (κ2) is 8.06. The molecule has 0 saturated heterocycles.